The molecule has 0 aliphatic carbocycles. The van der Waals surface area contributed by atoms with Gasteiger partial charge in [-0.2, -0.15) is 0 Å². The fourth-order valence-corrected chi connectivity index (χ4v) is 3.71. The number of rotatable bonds is 13. The first-order valence-corrected chi connectivity index (χ1v) is 13.3. The standard InChI is InChI=1S/C26H40N2O7S/c1-6-7-8-9-10-11-22(29)34-18-19-36-25(32)28(27-24(31)35-26(2,3)4)17-16-20-12-14-21(15-13-20)23(30)33-5/h12-15H,6-11,16-19H2,1-5H3,(H,27,31). The lowest BCUT2D eigenvalue weighted by atomic mass is 10.1. The van der Waals surface area contributed by atoms with E-state index in [-0.39, 0.29) is 24.9 Å². The minimum atomic E-state index is -0.744. The van der Waals surface area contributed by atoms with E-state index >= 15 is 0 Å². The van der Waals surface area contributed by atoms with Crippen molar-refractivity contribution < 1.29 is 33.4 Å². The van der Waals surface area contributed by atoms with Crippen LogP contribution in [0.3, 0.4) is 0 Å². The van der Waals surface area contributed by atoms with Crippen molar-refractivity contribution in [3.63, 3.8) is 0 Å². The highest BCUT2D eigenvalue weighted by Crippen LogP contribution is 2.13. The lowest BCUT2D eigenvalue weighted by Crippen LogP contribution is -2.47. The van der Waals surface area contributed by atoms with Crippen LogP contribution in [0.4, 0.5) is 9.59 Å². The molecule has 1 N–H and O–H groups in total. The van der Waals surface area contributed by atoms with Gasteiger partial charge in [-0.15, -0.1) is 0 Å². The Morgan fingerprint density at radius 3 is 2.28 bits per heavy atom. The van der Waals surface area contributed by atoms with Gasteiger partial charge in [0.15, 0.2) is 0 Å². The topological polar surface area (TPSA) is 111 Å². The molecule has 0 aromatic heterocycles. The van der Waals surface area contributed by atoms with Crippen LogP contribution in [0.1, 0.15) is 82.1 Å². The normalized spacial score (nSPS) is 10.9. The Balaban J connectivity index is 2.58. The average Bonchev–Trinajstić information content (AvgIpc) is 2.82. The summed E-state index contributed by atoms with van der Waals surface area (Å²) >= 11 is 0.944. The molecular weight excluding hydrogens is 484 g/mol. The molecule has 0 aliphatic rings. The third-order valence-corrected chi connectivity index (χ3v) is 5.74. The zero-order valence-corrected chi connectivity index (χ0v) is 22.9. The quantitative estimate of drug-likeness (QED) is 0.156. The maximum Gasteiger partial charge on any atom is 0.426 e. The van der Waals surface area contributed by atoms with Crippen molar-refractivity contribution in [3.8, 4) is 0 Å². The van der Waals surface area contributed by atoms with E-state index in [0.29, 0.717) is 18.4 Å². The van der Waals surface area contributed by atoms with Crippen molar-refractivity contribution >= 4 is 35.0 Å². The van der Waals surface area contributed by atoms with Crippen molar-refractivity contribution in [3.05, 3.63) is 35.4 Å². The Morgan fingerprint density at radius 1 is 1.00 bits per heavy atom. The number of thioether (sulfide) groups is 1. The third kappa shape index (κ3) is 14.0. The molecule has 2 amide bonds. The maximum atomic E-state index is 12.8. The lowest BCUT2D eigenvalue weighted by molar-refractivity contribution is -0.143. The lowest BCUT2D eigenvalue weighted by Gasteiger charge is -2.26. The molecule has 0 aliphatic heterocycles. The number of nitrogens with zero attached hydrogens (tertiary/aromatic N) is 1. The molecule has 0 unspecified atom stereocenters. The van der Waals surface area contributed by atoms with Gasteiger partial charge in [-0.25, -0.2) is 20.0 Å². The number of benzene rings is 1. The van der Waals surface area contributed by atoms with Gasteiger partial charge in [0.2, 0.25) is 0 Å². The highest BCUT2D eigenvalue weighted by atomic mass is 32.2. The van der Waals surface area contributed by atoms with Gasteiger partial charge in [-0.1, -0.05) is 56.5 Å². The Labute approximate surface area is 218 Å². The Kier molecular flexibility index (Phi) is 14.6. The van der Waals surface area contributed by atoms with Crippen LogP contribution in [-0.4, -0.2) is 59.9 Å². The number of methoxy groups -OCH3 is 1. The van der Waals surface area contributed by atoms with Crippen LogP contribution in [0, 0.1) is 0 Å². The van der Waals surface area contributed by atoms with Crippen molar-refractivity contribution in [2.75, 3.05) is 26.0 Å². The Morgan fingerprint density at radius 2 is 1.67 bits per heavy atom. The van der Waals surface area contributed by atoms with Gasteiger partial charge in [0.1, 0.15) is 12.2 Å². The van der Waals surface area contributed by atoms with Gasteiger partial charge in [0.05, 0.1) is 12.7 Å². The molecule has 9 nitrogen and oxygen atoms in total. The van der Waals surface area contributed by atoms with Crippen LogP contribution in [0.5, 0.6) is 0 Å². The first-order valence-electron chi connectivity index (χ1n) is 12.3. The van der Waals surface area contributed by atoms with Gasteiger partial charge >= 0.3 is 18.0 Å². The summed E-state index contributed by atoms with van der Waals surface area (Å²) in [4.78, 5) is 48.5. The molecule has 0 fully saturated rings. The zero-order valence-electron chi connectivity index (χ0n) is 22.1. The van der Waals surface area contributed by atoms with E-state index in [1.807, 2.05) is 0 Å². The smallest absolute Gasteiger partial charge is 0.426 e. The second-order valence-electron chi connectivity index (χ2n) is 9.20. The Bertz CT molecular complexity index is 838. The van der Waals surface area contributed by atoms with E-state index in [1.165, 1.54) is 18.5 Å². The highest BCUT2D eigenvalue weighted by molar-refractivity contribution is 8.13. The summed E-state index contributed by atoms with van der Waals surface area (Å²) in [7, 11) is 1.31. The van der Waals surface area contributed by atoms with Gasteiger partial charge in [0.25, 0.3) is 5.24 Å². The fourth-order valence-electron chi connectivity index (χ4n) is 3.08. The van der Waals surface area contributed by atoms with E-state index in [2.05, 4.69) is 12.3 Å². The highest BCUT2D eigenvalue weighted by Gasteiger charge is 2.22. The molecule has 1 rings (SSSR count). The van der Waals surface area contributed by atoms with Crippen molar-refractivity contribution in [1.29, 1.82) is 0 Å². The number of carbonyl (C=O) groups is 4. The minimum Gasteiger partial charge on any atom is -0.465 e. The second-order valence-corrected chi connectivity index (χ2v) is 10.2. The summed E-state index contributed by atoms with van der Waals surface area (Å²) in [6.07, 6.45) is 5.31. The number of hydrogen-bond acceptors (Lipinski definition) is 8. The number of ether oxygens (including phenoxy) is 3. The van der Waals surface area contributed by atoms with Gasteiger partial charge in [-0.3, -0.25) is 9.59 Å². The van der Waals surface area contributed by atoms with Crippen molar-refractivity contribution in [2.24, 2.45) is 0 Å². The summed E-state index contributed by atoms with van der Waals surface area (Å²) < 4.78 is 15.2. The molecule has 36 heavy (non-hydrogen) atoms. The van der Waals surface area contributed by atoms with Gasteiger partial charge < -0.3 is 14.2 Å². The van der Waals surface area contributed by atoms with Crippen LogP contribution >= 0.6 is 11.8 Å². The van der Waals surface area contributed by atoms with E-state index in [4.69, 9.17) is 14.2 Å². The maximum absolute atomic E-state index is 12.8. The first kappa shape index (κ1) is 31.3. The summed E-state index contributed by atoms with van der Waals surface area (Å²) in [5.74, 6) is -0.432. The van der Waals surface area contributed by atoms with Gasteiger partial charge in [0, 0.05) is 18.7 Å². The summed E-state index contributed by atoms with van der Waals surface area (Å²) in [6, 6.07) is 6.80. The second kappa shape index (κ2) is 16.8. The largest absolute Gasteiger partial charge is 0.465 e. The number of hydrogen-bond donors (Lipinski definition) is 1. The molecule has 1 aromatic carbocycles. The fraction of sp³-hybridized carbons (Fsp3) is 0.615. The molecular formula is C26H40N2O7S. The minimum absolute atomic E-state index is 0.111. The molecule has 0 heterocycles. The monoisotopic (exact) mass is 524 g/mol. The predicted octanol–water partition coefficient (Wildman–Crippen LogP) is 5.51. The number of carbonyl (C=O) groups excluding carboxylic acids is 4. The van der Waals surface area contributed by atoms with E-state index in [9.17, 15) is 19.2 Å². The van der Waals surface area contributed by atoms with E-state index in [0.717, 1.165) is 43.0 Å². The number of nitrogens with one attached hydrogen (secondary N) is 1. The summed E-state index contributed by atoms with van der Waals surface area (Å²) in [5.41, 5.74) is 3.06. The van der Waals surface area contributed by atoms with Crippen molar-refractivity contribution in [1.82, 2.24) is 10.4 Å². The third-order valence-electron chi connectivity index (χ3n) is 4.90. The molecule has 0 radical (unpaired) electrons. The van der Waals surface area contributed by atoms with Gasteiger partial charge in [-0.05, 0) is 51.3 Å². The molecule has 0 atom stereocenters. The number of esters is 2. The molecule has 1 aromatic rings. The molecule has 0 spiro atoms. The first-order chi connectivity index (χ1) is 17.1. The van der Waals surface area contributed by atoms with Crippen LogP contribution < -0.4 is 5.43 Å². The van der Waals surface area contributed by atoms with E-state index in [1.54, 1.807) is 45.0 Å². The van der Waals surface area contributed by atoms with Crippen LogP contribution in [0.15, 0.2) is 24.3 Å². The molecule has 10 heteroatoms. The molecule has 202 valence electrons. The number of unbranched alkanes of at least 4 members (excludes halogenated alkanes) is 4. The zero-order chi connectivity index (χ0) is 27.0. The van der Waals surface area contributed by atoms with Crippen LogP contribution in [0.2, 0.25) is 0 Å². The van der Waals surface area contributed by atoms with Crippen LogP contribution in [-0.2, 0) is 25.4 Å². The summed E-state index contributed by atoms with van der Waals surface area (Å²) in [6.45, 7) is 7.62. The van der Waals surface area contributed by atoms with Crippen molar-refractivity contribution in [2.45, 2.75) is 78.2 Å². The Hall–Kier alpha value is -2.75. The number of amides is 2. The predicted molar refractivity (Wildman–Crippen MR) is 140 cm³/mol. The van der Waals surface area contributed by atoms with E-state index < -0.39 is 22.9 Å². The SMILES string of the molecule is CCCCCCCC(=O)OCCSC(=O)N(CCc1ccc(C(=O)OC)cc1)NC(=O)OC(C)(C)C. The molecule has 0 bridgehead atoms. The van der Waals surface area contributed by atoms with Crippen LogP contribution in [0.25, 0.3) is 0 Å². The average molecular weight is 525 g/mol. The summed E-state index contributed by atoms with van der Waals surface area (Å²) in [5, 5.41) is 0.783. The molecule has 0 saturated heterocycles. The number of hydrazine groups is 1. The molecule has 0 saturated carbocycles.